The molecule has 48 heavy (non-hydrogen) atoms. The van der Waals surface area contributed by atoms with Crippen LogP contribution < -0.4 is 16.0 Å². The highest BCUT2D eigenvalue weighted by molar-refractivity contribution is 5.95. The number of hydrogen-bond acceptors (Lipinski definition) is 3. The lowest BCUT2D eigenvalue weighted by molar-refractivity contribution is 0.605. The summed E-state index contributed by atoms with van der Waals surface area (Å²) < 4.78 is 0. The van der Waals surface area contributed by atoms with Gasteiger partial charge in [-0.2, -0.15) is 0 Å². The van der Waals surface area contributed by atoms with Crippen molar-refractivity contribution < 1.29 is 0 Å². The van der Waals surface area contributed by atoms with Crippen LogP contribution >= 0.6 is 0 Å². The molecule has 0 aromatic heterocycles. The quantitative estimate of drug-likeness (QED) is 0.182. The van der Waals surface area contributed by atoms with Crippen molar-refractivity contribution in [1.82, 2.24) is 5.32 Å². The second-order valence-electron chi connectivity index (χ2n) is 12.7. The van der Waals surface area contributed by atoms with Crippen molar-refractivity contribution in [3.63, 3.8) is 0 Å². The zero-order chi connectivity index (χ0) is 32.1. The van der Waals surface area contributed by atoms with Crippen LogP contribution in [-0.4, -0.2) is 0 Å². The molecule has 0 bridgehead atoms. The van der Waals surface area contributed by atoms with Gasteiger partial charge < -0.3 is 16.0 Å². The maximum atomic E-state index is 6.54. The Morgan fingerprint density at radius 2 is 1.08 bits per heavy atom. The van der Waals surface area contributed by atoms with Crippen LogP contribution in [0.3, 0.4) is 0 Å². The summed E-state index contributed by atoms with van der Waals surface area (Å²) in [5.41, 5.74) is 21.8. The first-order valence-corrected chi connectivity index (χ1v) is 16.7. The van der Waals surface area contributed by atoms with E-state index >= 15 is 0 Å². The van der Waals surface area contributed by atoms with Gasteiger partial charge in [-0.15, -0.1) is 0 Å². The normalized spacial score (nSPS) is 14.1. The number of nitrogen functional groups attached to an aromatic ring is 1. The fourth-order valence-corrected chi connectivity index (χ4v) is 8.17. The van der Waals surface area contributed by atoms with Gasteiger partial charge in [-0.1, -0.05) is 146 Å². The van der Waals surface area contributed by atoms with E-state index in [9.17, 15) is 0 Å². The minimum atomic E-state index is -0.469. The molecule has 0 radical (unpaired) electrons. The Kier molecular flexibility index (Phi) is 6.74. The van der Waals surface area contributed by atoms with E-state index in [0.29, 0.717) is 6.54 Å². The smallest absolute Gasteiger partial charge is 0.0754 e. The van der Waals surface area contributed by atoms with E-state index in [2.05, 4.69) is 174 Å². The Morgan fingerprint density at radius 1 is 0.521 bits per heavy atom. The molecule has 0 saturated heterocycles. The van der Waals surface area contributed by atoms with Gasteiger partial charge >= 0.3 is 0 Å². The predicted octanol–water partition coefficient (Wildman–Crippen LogP) is 10.3. The molecule has 3 N–H and O–H groups in total. The summed E-state index contributed by atoms with van der Waals surface area (Å²) in [4.78, 5) is 2.43. The molecule has 1 atom stereocenters. The number of nitrogens with one attached hydrogen (secondary N) is 1. The van der Waals surface area contributed by atoms with E-state index in [4.69, 9.17) is 5.73 Å². The zero-order valence-electron chi connectivity index (χ0n) is 26.6. The standard InChI is InChI=1S/C45H35N3/c46-41-24-12-8-20-36(41)44(32-15-3-1-4-16-32)47-30-31-27-28-35-34-19-7-9-21-37(34)45(40(35)29-31)38-22-10-13-25-42(38)48(33-17-5-2-6-18-33)43-26-14-11-23-39(43)45/h1-29,44,47H,30,46H2. The lowest BCUT2D eigenvalue weighted by Crippen LogP contribution is -2.36. The van der Waals surface area contributed by atoms with Crippen LogP contribution in [0.25, 0.3) is 11.1 Å². The average Bonchev–Trinajstić information content (AvgIpc) is 3.43. The van der Waals surface area contributed by atoms with E-state index in [-0.39, 0.29) is 6.04 Å². The van der Waals surface area contributed by atoms with Crippen molar-refractivity contribution in [3.05, 3.63) is 215 Å². The van der Waals surface area contributed by atoms with Crippen LogP contribution in [0.2, 0.25) is 0 Å². The van der Waals surface area contributed by atoms with Crippen LogP contribution in [0.15, 0.2) is 176 Å². The van der Waals surface area contributed by atoms with Gasteiger partial charge in [0.1, 0.15) is 0 Å². The average molecular weight is 618 g/mol. The minimum absolute atomic E-state index is 0.0395. The summed E-state index contributed by atoms with van der Waals surface area (Å²) in [5, 5.41) is 3.89. The molecule has 1 aliphatic heterocycles. The molecular formula is C45H35N3. The van der Waals surface area contributed by atoms with E-state index in [1.807, 2.05) is 12.1 Å². The number of anilines is 4. The molecule has 1 aliphatic carbocycles. The van der Waals surface area contributed by atoms with Crippen LogP contribution in [0.4, 0.5) is 22.7 Å². The first kappa shape index (κ1) is 28.3. The number of hydrogen-bond donors (Lipinski definition) is 2. The molecule has 7 aromatic rings. The molecule has 230 valence electrons. The monoisotopic (exact) mass is 617 g/mol. The van der Waals surface area contributed by atoms with E-state index in [1.54, 1.807) is 0 Å². The minimum Gasteiger partial charge on any atom is -0.398 e. The summed E-state index contributed by atoms with van der Waals surface area (Å²) >= 11 is 0. The van der Waals surface area contributed by atoms with Gasteiger partial charge in [0.2, 0.25) is 0 Å². The number of benzene rings is 7. The fourth-order valence-electron chi connectivity index (χ4n) is 8.17. The molecule has 3 heteroatoms. The third-order valence-electron chi connectivity index (χ3n) is 10.2. The molecule has 1 spiro atoms. The zero-order valence-corrected chi connectivity index (χ0v) is 26.6. The number of nitrogens with two attached hydrogens (primary N) is 1. The molecule has 3 nitrogen and oxygen atoms in total. The van der Waals surface area contributed by atoms with Crippen LogP contribution in [-0.2, 0) is 12.0 Å². The first-order chi connectivity index (χ1) is 23.7. The van der Waals surface area contributed by atoms with Crippen LogP contribution in [0.1, 0.15) is 45.0 Å². The Balaban J connectivity index is 1.22. The van der Waals surface area contributed by atoms with Crippen molar-refractivity contribution in [2.45, 2.75) is 18.0 Å². The topological polar surface area (TPSA) is 41.3 Å². The number of fused-ring (bicyclic) bond motifs is 9. The van der Waals surface area contributed by atoms with Gasteiger partial charge in [-0.05, 0) is 80.4 Å². The second-order valence-corrected chi connectivity index (χ2v) is 12.7. The predicted molar refractivity (Wildman–Crippen MR) is 198 cm³/mol. The van der Waals surface area contributed by atoms with Gasteiger partial charge in [0.05, 0.1) is 22.8 Å². The van der Waals surface area contributed by atoms with Gasteiger partial charge in [-0.3, -0.25) is 0 Å². The second kappa shape index (κ2) is 11.4. The SMILES string of the molecule is Nc1ccccc1C(NCc1ccc2c(c1)C1(c3ccccc3-2)c2ccccc2N(c2ccccc2)c2ccccc21)c1ccccc1. The Morgan fingerprint density at radius 3 is 1.79 bits per heavy atom. The lowest BCUT2D eigenvalue weighted by atomic mass is 9.64. The molecule has 0 saturated carbocycles. The first-order valence-electron chi connectivity index (χ1n) is 16.7. The largest absolute Gasteiger partial charge is 0.398 e. The highest BCUT2D eigenvalue weighted by Gasteiger charge is 2.51. The lowest BCUT2D eigenvalue weighted by Gasteiger charge is -2.45. The summed E-state index contributed by atoms with van der Waals surface area (Å²) in [7, 11) is 0. The Labute approximate surface area is 282 Å². The van der Waals surface area contributed by atoms with Crippen molar-refractivity contribution in [2.24, 2.45) is 0 Å². The third kappa shape index (κ3) is 4.25. The van der Waals surface area contributed by atoms with E-state index in [1.165, 1.54) is 55.9 Å². The Bertz CT molecular complexity index is 2230. The molecule has 2 aliphatic rings. The van der Waals surface area contributed by atoms with Crippen molar-refractivity contribution in [2.75, 3.05) is 10.6 Å². The Hall–Kier alpha value is -5.90. The maximum Gasteiger partial charge on any atom is 0.0754 e. The molecule has 9 rings (SSSR count). The molecule has 1 heterocycles. The molecule has 0 fully saturated rings. The fraction of sp³-hybridized carbons (Fsp3) is 0.0667. The molecule has 0 amide bonds. The molecule has 7 aromatic carbocycles. The van der Waals surface area contributed by atoms with E-state index in [0.717, 1.165) is 16.9 Å². The van der Waals surface area contributed by atoms with E-state index < -0.39 is 5.41 Å². The summed E-state index contributed by atoms with van der Waals surface area (Å²) in [5.74, 6) is 0. The van der Waals surface area contributed by atoms with Gasteiger partial charge in [0.25, 0.3) is 0 Å². The summed E-state index contributed by atoms with van der Waals surface area (Å²) in [6.07, 6.45) is 0. The molecular weight excluding hydrogens is 583 g/mol. The number of nitrogens with zero attached hydrogens (tertiary/aromatic N) is 1. The van der Waals surface area contributed by atoms with Crippen molar-refractivity contribution in [3.8, 4) is 11.1 Å². The third-order valence-corrected chi connectivity index (χ3v) is 10.2. The maximum absolute atomic E-state index is 6.54. The highest BCUT2D eigenvalue weighted by atomic mass is 15.2. The molecule has 1 unspecified atom stereocenters. The number of para-hydroxylation sites is 4. The van der Waals surface area contributed by atoms with Crippen molar-refractivity contribution in [1.29, 1.82) is 0 Å². The van der Waals surface area contributed by atoms with Gasteiger partial charge in [0, 0.05) is 17.9 Å². The van der Waals surface area contributed by atoms with Crippen LogP contribution in [0, 0.1) is 0 Å². The van der Waals surface area contributed by atoms with Gasteiger partial charge in [0.15, 0.2) is 0 Å². The van der Waals surface area contributed by atoms with Crippen LogP contribution in [0.5, 0.6) is 0 Å². The highest BCUT2D eigenvalue weighted by Crippen LogP contribution is 2.63. The summed E-state index contributed by atoms with van der Waals surface area (Å²) in [6, 6.07) is 63.5. The van der Waals surface area contributed by atoms with Gasteiger partial charge in [-0.25, -0.2) is 0 Å². The van der Waals surface area contributed by atoms with Crippen molar-refractivity contribution >= 4 is 22.7 Å². The number of rotatable bonds is 6. The summed E-state index contributed by atoms with van der Waals surface area (Å²) in [6.45, 7) is 0.688.